The molecule has 5 heteroatoms. The van der Waals surface area contributed by atoms with Gasteiger partial charge >= 0.3 is 0 Å². The number of aryl methyl sites for hydroxylation is 2. The van der Waals surface area contributed by atoms with Crippen LogP contribution in [-0.4, -0.2) is 24.4 Å². The maximum Gasteiger partial charge on any atom is 0.124 e. The Morgan fingerprint density at radius 2 is 2.27 bits per heavy atom. The molecule has 0 saturated carbocycles. The molecule has 1 atom stereocenters. The van der Waals surface area contributed by atoms with E-state index in [-0.39, 0.29) is 0 Å². The van der Waals surface area contributed by atoms with Gasteiger partial charge in [0.05, 0.1) is 24.4 Å². The van der Waals surface area contributed by atoms with E-state index in [4.69, 9.17) is 0 Å². The summed E-state index contributed by atoms with van der Waals surface area (Å²) in [5.41, 5.74) is 1.58. The number of aliphatic hydroxyl groups excluding tert-OH is 1. The van der Waals surface area contributed by atoms with Gasteiger partial charge in [-0.2, -0.15) is 5.10 Å². The van der Waals surface area contributed by atoms with Gasteiger partial charge in [-0.1, -0.05) is 0 Å². The molecule has 0 bridgehead atoms. The third-order valence-corrected chi connectivity index (χ3v) is 2.41. The first kappa shape index (κ1) is 9.92. The molecule has 0 fully saturated rings. The average molecular weight is 206 g/mol. The van der Waals surface area contributed by atoms with Crippen molar-refractivity contribution in [1.82, 2.24) is 19.3 Å². The minimum atomic E-state index is -0.652. The van der Waals surface area contributed by atoms with Crippen LogP contribution in [-0.2, 0) is 13.6 Å². The summed E-state index contributed by atoms with van der Waals surface area (Å²) in [5.74, 6) is 0. The maximum atomic E-state index is 10.1. The zero-order valence-corrected chi connectivity index (χ0v) is 8.83. The van der Waals surface area contributed by atoms with Crippen LogP contribution in [0.1, 0.15) is 24.3 Å². The first-order valence-electron chi connectivity index (χ1n) is 4.89. The lowest BCUT2D eigenvalue weighted by Crippen LogP contribution is -2.06. The molecule has 0 amide bonds. The van der Waals surface area contributed by atoms with Crippen molar-refractivity contribution in [2.75, 3.05) is 0 Å². The number of hydrogen-bond donors (Lipinski definition) is 1. The Morgan fingerprint density at radius 3 is 2.87 bits per heavy atom. The van der Waals surface area contributed by atoms with Crippen molar-refractivity contribution in [3.05, 3.63) is 36.2 Å². The summed E-state index contributed by atoms with van der Waals surface area (Å²) >= 11 is 0. The van der Waals surface area contributed by atoms with Crippen molar-refractivity contribution in [3.8, 4) is 0 Å². The van der Waals surface area contributed by atoms with Crippen LogP contribution < -0.4 is 0 Å². The summed E-state index contributed by atoms with van der Waals surface area (Å²) in [4.78, 5) is 4.02. The van der Waals surface area contributed by atoms with Gasteiger partial charge < -0.3 is 9.67 Å². The van der Waals surface area contributed by atoms with Gasteiger partial charge in [0, 0.05) is 25.4 Å². The van der Waals surface area contributed by atoms with Gasteiger partial charge in [-0.15, -0.1) is 0 Å². The topological polar surface area (TPSA) is 55.9 Å². The Bertz CT molecular complexity index is 446. The van der Waals surface area contributed by atoms with Gasteiger partial charge in [-0.05, 0) is 6.92 Å². The largest absolute Gasteiger partial charge is 0.382 e. The molecule has 2 aromatic rings. The van der Waals surface area contributed by atoms with Gasteiger partial charge in [0.2, 0.25) is 0 Å². The smallest absolute Gasteiger partial charge is 0.124 e. The molecule has 15 heavy (non-hydrogen) atoms. The molecule has 0 aliphatic carbocycles. The Hall–Kier alpha value is -1.62. The van der Waals surface area contributed by atoms with Crippen molar-refractivity contribution in [3.63, 3.8) is 0 Å². The normalized spacial score (nSPS) is 13.0. The van der Waals surface area contributed by atoms with Crippen LogP contribution in [0.3, 0.4) is 0 Å². The monoisotopic (exact) mass is 206 g/mol. The van der Waals surface area contributed by atoms with E-state index < -0.39 is 6.10 Å². The second kappa shape index (κ2) is 3.86. The SMILES string of the molecule is CCn1cncc1C(O)c1cnn(C)c1. The fraction of sp³-hybridized carbons (Fsp3) is 0.400. The minimum Gasteiger partial charge on any atom is -0.382 e. The van der Waals surface area contributed by atoms with Gasteiger partial charge in [0.25, 0.3) is 0 Å². The number of aliphatic hydroxyl groups is 1. The van der Waals surface area contributed by atoms with Gasteiger partial charge in [0.1, 0.15) is 6.10 Å². The van der Waals surface area contributed by atoms with Gasteiger partial charge in [-0.3, -0.25) is 4.68 Å². The van der Waals surface area contributed by atoms with Crippen LogP contribution in [0.2, 0.25) is 0 Å². The molecule has 0 saturated heterocycles. The van der Waals surface area contributed by atoms with E-state index in [1.165, 1.54) is 0 Å². The van der Waals surface area contributed by atoms with Crippen LogP contribution in [0.4, 0.5) is 0 Å². The van der Waals surface area contributed by atoms with E-state index in [1.54, 1.807) is 29.6 Å². The predicted octanol–water partition coefficient (Wildman–Crippen LogP) is 0.718. The van der Waals surface area contributed by atoms with Crippen molar-refractivity contribution in [2.24, 2.45) is 7.05 Å². The number of aromatic nitrogens is 4. The lowest BCUT2D eigenvalue weighted by molar-refractivity contribution is 0.210. The molecule has 1 N–H and O–H groups in total. The van der Waals surface area contributed by atoms with Crippen LogP contribution in [0.5, 0.6) is 0 Å². The highest BCUT2D eigenvalue weighted by Gasteiger charge is 2.15. The van der Waals surface area contributed by atoms with Gasteiger partial charge in [-0.25, -0.2) is 4.98 Å². The first-order chi connectivity index (χ1) is 7.22. The predicted molar refractivity (Wildman–Crippen MR) is 55.2 cm³/mol. The average Bonchev–Trinajstić information content (AvgIpc) is 2.84. The highest BCUT2D eigenvalue weighted by molar-refractivity contribution is 5.19. The summed E-state index contributed by atoms with van der Waals surface area (Å²) in [6.07, 6.45) is 6.21. The molecule has 2 heterocycles. The fourth-order valence-electron chi connectivity index (χ4n) is 1.57. The summed E-state index contributed by atoms with van der Waals surface area (Å²) in [6.45, 7) is 2.81. The number of rotatable bonds is 3. The zero-order valence-electron chi connectivity index (χ0n) is 8.83. The van der Waals surface area contributed by atoms with E-state index in [0.29, 0.717) is 0 Å². The second-order valence-electron chi connectivity index (χ2n) is 3.45. The van der Waals surface area contributed by atoms with Crippen molar-refractivity contribution >= 4 is 0 Å². The Balaban J connectivity index is 2.31. The molecule has 0 aromatic carbocycles. The number of hydrogen-bond acceptors (Lipinski definition) is 3. The minimum absolute atomic E-state index is 0.652. The van der Waals surface area contributed by atoms with Crippen molar-refractivity contribution in [2.45, 2.75) is 19.6 Å². The molecule has 5 nitrogen and oxygen atoms in total. The van der Waals surface area contributed by atoms with Crippen LogP contribution in [0.25, 0.3) is 0 Å². The molecule has 0 spiro atoms. The highest BCUT2D eigenvalue weighted by atomic mass is 16.3. The van der Waals surface area contributed by atoms with Gasteiger partial charge in [0.15, 0.2) is 0 Å². The Morgan fingerprint density at radius 1 is 1.47 bits per heavy atom. The lowest BCUT2D eigenvalue weighted by Gasteiger charge is -2.10. The summed E-state index contributed by atoms with van der Waals surface area (Å²) in [5, 5.41) is 14.1. The molecular formula is C10H14N4O. The van der Waals surface area contributed by atoms with Crippen LogP contribution in [0.15, 0.2) is 24.9 Å². The standard InChI is InChI=1S/C10H14N4O/c1-3-14-7-11-5-9(14)10(15)8-4-12-13(2)6-8/h4-7,10,15H,3H2,1-2H3. The van der Waals surface area contributed by atoms with E-state index >= 15 is 0 Å². The maximum absolute atomic E-state index is 10.1. The number of nitrogens with zero attached hydrogens (tertiary/aromatic N) is 4. The number of imidazole rings is 1. The van der Waals surface area contributed by atoms with E-state index in [2.05, 4.69) is 10.1 Å². The summed E-state index contributed by atoms with van der Waals surface area (Å²) in [6, 6.07) is 0. The van der Waals surface area contributed by atoms with E-state index in [1.807, 2.05) is 18.5 Å². The molecule has 2 rings (SSSR count). The molecule has 0 aliphatic heterocycles. The van der Waals surface area contributed by atoms with Crippen LogP contribution >= 0.6 is 0 Å². The summed E-state index contributed by atoms with van der Waals surface area (Å²) in [7, 11) is 1.83. The molecule has 2 aromatic heterocycles. The van der Waals surface area contributed by atoms with Crippen molar-refractivity contribution in [1.29, 1.82) is 0 Å². The molecule has 80 valence electrons. The summed E-state index contributed by atoms with van der Waals surface area (Å²) < 4.78 is 3.59. The third kappa shape index (κ3) is 1.78. The van der Waals surface area contributed by atoms with Crippen molar-refractivity contribution < 1.29 is 5.11 Å². The molecule has 0 radical (unpaired) electrons. The molecule has 0 aliphatic rings. The quantitative estimate of drug-likeness (QED) is 0.805. The Labute approximate surface area is 88.0 Å². The van der Waals surface area contributed by atoms with E-state index in [9.17, 15) is 5.11 Å². The van der Waals surface area contributed by atoms with E-state index in [0.717, 1.165) is 17.8 Å². The third-order valence-electron chi connectivity index (χ3n) is 2.41. The highest BCUT2D eigenvalue weighted by Crippen LogP contribution is 2.20. The Kier molecular flexibility index (Phi) is 2.55. The zero-order chi connectivity index (χ0) is 10.8. The molecular weight excluding hydrogens is 192 g/mol. The second-order valence-corrected chi connectivity index (χ2v) is 3.45. The fourth-order valence-corrected chi connectivity index (χ4v) is 1.57. The lowest BCUT2D eigenvalue weighted by atomic mass is 10.1. The van der Waals surface area contributed by atoms with Crippen LogP contribution in [0, 0.1) is 0 Å². The first-order valence-corrected chi connectivity index (χ1v) is 4.89. The molecule has 1 unspecified atom stereocenters.